The molecular formula is C18H29ClN2O3S. The Kier molecular flexibility index (Phi) is 7.47. The molecule has 2 rings (SSSR count). The van der Waals surface area contributed by atoms with Gasteiger partial charge in [-0.1, -0.05) is 19.9 Å². The lowest BCUT2D eigenvalue weighted by atomic mass is 9.88. The van der Waals surface area contributed by atoms with Crippen molar-refractivity contribution in [3.63, 3.8) is 0 Å². The molecule has 25 heavy (non-hydrogen) atoms. The average Bonchev–Trinajstić information content (AvgIpc) is 3.00. The standard InChI is InChI=1S/C18H28N2O3S.ClH/c1-13(2)18(3,12-19)20-17(21)9-10-24(22,23)16-8-7-14-5-4-6-15(14)11-16;/h7-8,11,13H,4-6,9-10,12,19H2,1-3H3,(H,20,21);1H. The zero-order valence-corrected chi connectivity index (χ0v) is 16.8. The van der Waals surface area contributed by atoms with Crippen molar-refractivity contribution >= 4 is 28.2 Å². The van der Waals surface area contributed by atoms with Crippen molar-refractivity contribution in [1.29, 1.82) is 0 Å². The van der Waals surface area contributed by atoms with Crippen LogP contribution >= 0.6 is 12.4 Å². The Hall–Kier alpha value is -1.11. The largest absolute Gasteiger partial charge is 0.349 e. The van der Waals surface area contributed by atoms with E-state index in [0.717, 1.165) is 24.8 Å². The number of sulfone groups is 1. The summed E-state index contributed by atoms with van der Waals surface area (Å²) in [6.45, 7) is 6.15. The first-order valence-corrected chi connectivity index (χ1v) is 10.2. The summed E-state index contributed by atoms with van der Waals surface area (Å²) in [5, 5.41) is 2.88. The summed E-state index contributed by atoms with van der Waals surface area (Å²) in [7, 11) is -3.45. The molecule has 0 fully saturated rings. The first kappa shape index (κ1) is 21.9. The number of rotatable bonds is 7. The van der Waals surface area contributed by atoms with E-state index in [0.29, 0.717) is 11.4 Å². The van der Waals surface area contributed by atoms with Gasteiger partial charge in [-0.3, -0.25) is 4.79 Å². The normalized spacial score (nSPS) is 16.0. The highest BCUT2D eigenvalue weighted by Crippen LogP contribution is 2.25. The molecule has 0 bridgehead atoms. The second-order valence-corrected chi connectivity index (χ2v) is 9.29. The molecule has 1 unspecified atom stereocenters. The molecular weight excluding hydrogens is 360 g/mol. The quantitative estimate of drug-likeness (QED) is 0.749. The van der Waals surface area contributed by atoms with Crippen LogP contribution in [0.1, 0.15) is 44.7 Å². The molecule has 0 heterocycles. The van der Waals surface area contributed by atoms with Crippen LogP contribution in [0, 0.1) is 5.92 Å². The maximum Gasteiger partial charge on any atom is 0.221 e. The van der Waals surface area contributed by atoms with E-state index in [1.54, 1.807) is 12.1 Å². The molecule has 3 N–H and O–H groups in total. The molecule has 5 nitrogen and oxygen atoms in total. The van der Waals surface area contributed by atoms with Crippen LogP contribution in [0.3, 0.4) is 0 Å². The maximum absolute atomic E-state index is 12.5. The molecule has 142 valence electrons. The maximum atomic E-state index is 12.5. The Labute approximate surface area is 157 Å². The van der Waals surface area contributed by atoms with Gasteiger partial charge in [-0.2, -0.15) is 0 Å². The number of hydrogen-bond acceptors (Lipinski definition) is 4. The van der Waals surface area contributed by atoms with E-state index in [-0.39, 0.29) is 36.4 Å². The number of fused-ring (bicyclic) bond motifs is 1. The van der Waals surface area contributed by atoms with Crippen molar-refractivity contribution in [2.24, 2.45) is 11.7 Å². The van der Waals surface area contributed by atoms with Crippen LogP contribution in [-0.4, -0.2) is 32.2 Å². The third kappa shape index (κ3) is 5.19. The van der Waals surface area contributed by atoms with Gasteiger partial charge in [0.2, 0.25) is 5.91 Å². The Bertz CT molecular complexity index is 719. The topological polar surface area (TPSA) is 89.3 Å². The summed E-state index contributed by atoms with van der Waals surface area (Å²) in [6, 6.07) is 5.34. The third-order valence-electron chi connectivity index (χ3n) is 5.15. The molecule has 1 aliphatic rings. The van der Waals surface area contributed by atoms with Crippen LogP contribution in [0.15, 0.2) is 23.1 Å². The lowest BCUT2D eigenvalue weighted by molar-refractivity contribution is -0.122. The summed E-state index contributed by atoms with van der Waals surface area (Å²) in [6.07, 6.45) is 2.98. The van der Waals surface area contributed by atoms with Crippen LogP contribution in [0.2, 0.25) is 0 Å². The predicted octanol–water partition coefficient (Wildman–Crippen LogP) is 2.25. The molecule has 0 radical (unpaired) electrons. The third-order valence-corrected chi connectivity index (χ3v) is 6.86. The van der Waals surface area contributed by atoms with E-state index in [2.05, 4.69) is 5.32 Å². The molecule has 0 aromatic heterocycles. The van der Waals surface area contributed by atoms with Crippen molar-refractivity contribution in [2.75, 3.05) is 12.3 Å². The van der Waals surface area contributed by atoms with Gasteiger partial charge in [-0.05, 0) is 55.4 Å². The summed E-state index contributed by atoms with van der Waals surface area (Å²) in [5.41, 5.74) is 7.59. The Morgan fingerprint density at radius 3 is 2.52 bits per heavy atom. The number of carbonyl (C=O) groups excluding carboxylic acids is 1. The molecule has 1 aliphatic carbocycles. The number of benzene rings is 1. The molecule has 1 aromatic carbocycles. The number of aryl methyl sites for hydroxylation is 2. The zero-order valence-electron chi connectivity index (χ0n) is 15.2. The molecule has 1 atom stereocenters. The van der Waals surface area contributed by atoms with Crippen LogP contribution in [0.25, 0.3) is 0 Å². The minimum absolute atomic E-state index is 0. The molecule has 7 heteroatoms. The zero-order chi connectivity index (χ0) is 18.0. The van der Waals surface area contributed by atoms with Gasteiger partial charge in [-0.25, -0.2) is 8.42 Å². The number of carbonyl (C=O) groups is 1. The first-order chi connectivity index (χ1) is 11.2. The fraction of sp³-hybridized carbons (Fsp3) is 0.611. The van der Waals surface area contributed by atoms with Crippen LogP contribution in [-0.2, 0) is 27.5 Å². The van der Waals surface area contributed by atoms with Gasteiger partial charge >= 0.3 is 0 Å². The van der Waals surface area contributed by atoms with E-state index in [4.69, 9.17) is 5.73 Å². The minimum Gasteiger partial charge on any atom is -0.349 e. The molecule has 0 saturated heterocycles. The van der Waals surface area contributed by atoms with Crippen molar-refractivity contribution in [1.82, 2.24) is 5.32 Å². The highest BCUT2D eigenvalue weighted by molar-refractivity contribution is 7.91. The first-order valence-electron chi connectivity index (χ1n) is 8.53. The molecule has 0 spiro atoms. The predicted molar refractivity (Wildman–Crippen MR) is 103 cm³/mol. The lowest BCUT2D eigenvalue weighted by Crippen LogP contribution is -2.55. The van der Waals surface area contributed by atoms with Crippen molar-refractivity contribution < 1.29 is 13.2 Å². The minimum atomic E-state index is -3.45. The van der Waals surface area contributed by atoms with E-state index in [1.807, 2.05) is 26.8 Å². The van der Waals surface area contributed by atoms with Crippen LogP contribution < -0.4 is 11.1 Å². The van der Waals surface area contributed by atoms with E-state index < -0.39 is 15.4 Å². The number of nitrogens with two attached hydrogens (primary N) is 1. The summed E-state index contributed by atoms with van der Waals surface area (Å²) in [5.74, 6) is -0.294. The van der Waals surface area contributed by atoms with Gasteiger partial charge in [-0.15, -0.1) is 12.4 Å². The van der Waals surface area contributed by atoms with E-state index >= 15 is 0 Å². The Morgan fingerprint density at radius 2 is 1.92 bits per heavy atom. The molecule has 1 amide bonds. The van der Waals surface area contributed by atoms with Gasteiger partial charge in [0.05, 0.1) is 16.2 Å². The van der Waals surface area contributed by atoms with Crippen LogP contribution in [0.4, 0.5) is 0 Å². The molecule has 0 saturated carbocycles. The van der Waals surface area contributed by atoms with Gasteiger partial charge < -0.3 is 11.1 Å². The highest BCUT2D eigenvalue weighted by atomic mass is 35.5. The number of halogens is 1. The summed E-state index contributed by atoms with van der Waals surface area (Å²) >= 11 is 0. The fourth-order valence-electron chi connectivity index (χ4n) is 2.90. The van der Waals surface area contributed by atoms with Gasteiger partial charge in [0, 0.05) is 13.0 Å². The van der Waals surface area contributed by atoms with Crippen molar-refractivity contribution in [3.05, 3.63) is 29.3 Å². The Balaban J connectivity index is 0.00000312. The van der Waals surface area contributed by atoms with Crippen LogP contribution in [0.5, 0.6) is 0 Å². The SMILES string of the molecule is CC(C)C(C)(CN)NC(=O)CCS(=O)(=O)c1ccc2c(c1)CCC2.Cl. The smallest absolute Gasteiger partial charge is 0.221 e. The van der Waals surface area contributed by atoms with Gasteiger partial charge in [0.15, 0.2) is 9.84 Å². The van der Waals surface area contributed by atoms with Crippen molar-refractivity contribution in [3.8, 4) is 0 Å². The second-order valence-electron chi connectivity index (χ2n) is 7.18. The molecule has 0 aliphatic heterocycles. The molecule has 1 aromatic rings. The lowest BCUT2D eigenvalue weighted by Gasteiger charge is -2.33. The van der Waals surface area contributed by atoms with E-state index in [1.165, 1.54) is 5.56 Å². The van der Waals surface area contributed by atoms with Crippen molar-refractivity contribution in [2.45, 2.75) is 56.9 Å². The van der Waals surface area contributed by atoms with Gasteiger partial charge in [0.1, 0.15) is 0 Å². The van der Waals surface area contributed by atoms with E-state index in [9.17, 15) is 13.2 Å². The monoisotopic (exact) mass is 388 g/mol. The number of amides is 1. The Morgan fingerprint density at radius 1 is 1.28 bits per heavy atom. The fourth-order valence-corrected chi connectivity index (χ4v) is 4.19. The number of nitrogens with one attached hydrogen (secondary N) is 1. The second kappa shape index (κ2) is 8.52. The summed E-state index contributed by atoms with van der Waals surface area (Å²) < 4.78 is 25.0. The van der Waals surface area contributed by atoms with Gasteiger partial charge in [0.25, 0.3) is 0 Å². The summed E-state index contributed by atoms with van der Waals surface area (Å²) in [4.78, 5) is 12.5. The average molecular weight is 389 g/mol. The highest BCUT2D eigenvalue weighted by Gasteiger charge is 2.29. The number of hydrogen-bond donors (Lipinski definition) is 2.